The molecule has 0 saturated carbocycles. The van der Waals surface area contributed by atoms with Crippen LogP contribution in [0.1, 0.15) is 35.0 Å². The molecular formula is C16H20N4O. The van der Waals surface area contributed by atoms with Crippen LogP contribution in [0.3, 0.4) is 0 Å². The summed E-state index contributed by atoms with van der Waals surface area (Å²) in [5, 5.41) is 5.98. The molecule has 0 aliphatic heterocycles. The zero-order valence-electron chi connectivity index (χ0n) is 12.4. The highest BCUT2D eigenvalue weighted by Crippen LogP contribution is 2.09. The summed E-state index contributed by atoms with van der Waals surface area (Å²) in [7, 11) is 0. The number of benzene rings is 1. The fourth-order valence-corrected chi connectivity index (χ4v) is 1.86. The van der Waals surface area contributed by atoms with Gasteiger partial charge in [0.1, 0.15) is 11.5 Å². The highest BCUT2D eigenvalue weighted by atomic mass is 16.1. The Morgan fingerprint density at radius 3 is 2.67 bits per heavy atom. The van der Waals surface area contributed by atoms with Gasteiger partial charge in [-0.2, -0.15) is 0 Å². The predicted molar refractivity (Wildman–Crippen MR) is 83.2 cm³/mol. The summed E-state index contributed by atoms with van der Waals surface area (Å²) >= 11 is 0. The Balaban J connectivity index is 1.93. The Morgan fingerprint density at radius 2 is 2.00 bits per heavy atom. The summed E-state index contributed by atoms with van der Waals surface area (Å²) in [6, 6.07) is 8.17. The second kappa shape index (κ2) is 7.38. The fourth-order valence-electron chi connectivity index (χ4n) is 1.86. The van der Waals surface area contributed by atoms with Gasteiger partial charge in [0.15, 0.2) is 0 Å². The van der Waals surface area contributed by atoms with E-state index in [0.717, 1.165) is 6.42 Å². The lowest BCUT2D eigenvalue weighted by Crippen LogP contribution is -2.25. The monoisotopic (exact) mass is 284 g/mol. The van der Waals surface area contributed by atoms with Gasteiger partial charge in [-0.25, -0.2) is 9.97 Å². The van der Waals surface area contributed by atoms with E-state index in [1.807, 2.05) is 19.1 Å². The number of aromatic nitrogens is 2. The third kappa shape index (κ3) is 4.27. The summed E-state index contributed by atoms with van der Waals surface area (Å²) in [6.45, 7) is 5.41. The Kier molecular flexibility index (Phi) is 5.26. The first-order valence-electron chi connectivity index (χ1n) is 7.09. The molecule has 0 saturated heterocycles. The molecule has 1 amide bonds. The van der Waals surface area contributed by atoms with E-state index in [0.29, 0.717) is 24.6 Å². The molecule has 2 aromatic rings. The van der Waals surface area contributed by atoms with Crippen molar-refractivity contribution in [1.82, 2.24) is 15.3 Å². The van der Waals surface area contributed by atoms with Crippen LogP contribution < -0.4 is 10.6 Å². The van der Waals surface area contributed by atoms with E-state index in [2.05, 4.69) is 39.7 Å². The van der Waals surface area contributed by atoms with Crippen LogP contribution in [0.4, 0.5) is 5.82 Å². The maximum Gasteiger partial charge on any atom is 0.271 e. The second-order valence-electron chi connectivity index (χ2n) is 4.82. The zero-order valence-corrected chi connectivity index (χ0v) is 12.4. The third-order valence-electron chi connectivity index (χ3n) is 3.14. The quantitative estimate of drug-likeness (QED) is 0.855. The van der Waals surface area contributed by atoms with E-state index in [9.17, 15) is 4.79 Å². The summed E-state index contributed by atoms with van der Waals surface area (Å²) in [5.74, 6) is 0.472. The first kappa shape index (κ1) is 15.0. The molecule has 5 nitrogen and oxygen atoms in total. The number of aryl methyl sites for hydroxylation is 1. The van der Waals surface area contributed by atoms with Crippen LogP contribution in [0, 0.1) is 6.92 Å². The predicted octanol–water partition coefficient (Wildman–Crippen LogP) is 2.54. The zero-order chi connectivity index (χ0) is 15.1. The number of carbonyl (C=O) groups is 1. The summed E-state index contributed by atoms with van der Waals surface area (Å²) in [4.78, 5) is 20.1. The summed E-state index contributed by atoms with van der Waals surface area (Å²) in [6.07, 6.45) is 3.97. The number of hydrogen-bond acceptors (Lipinski definition) is 4. The van der Waals surface area contributed by atoms with Crippen LogP contribution >= 0.6 is 0 Å². The van der Waals surface area contributed by atoms with Crippen LogP contribution in [-0.2, 0) is 6.54 Å². The molecule has 1 aromatic carbocycles. The van der Waals surface area contributed by atoms with E-state index in [1.165, 1.54) is 17.3 Å². The average Bonchev–Trinajstić information content (AvgIpc) is 2.52. The van der Waals surface area contributed by atoms with E-state index < -0.39 is 0 Å². The van der Waals surface area contributed by atoms with Gasteiger partial charge in [0, 0.05) is 13.1 Å². The number of nitrogens with one attached hydrogen (secondary N) is 2. The standard InChI is InChI=1S/C16H20N4O/c1-3-8-17-16(21)14-10-20-15(11-18-14)19-9-13-7-5-4-6-12(13)2/h4-7,10-11H,3,8-9H2,1-2H3,(H,17,21)(H,19,20). The molecule has 0 atom stereocenters. The minimum Gasteiger partial charge on any atom is -0.365 e. The van der Waals surface area contributed by atoms with Crippen LogP contribution in [0.25, 0.3) is 0 Å². The molecule has 110 valence electrons. The first-order valence-corrected chi connectivity index (χ1v) is 7.09. The van der Waals surface area contributed by atoms with Gasteiger partial charge in [-0.05, 0) is 24.5 Å². The number of hydrogen-bond donors (Lipinski definition) is 2. The first-order chi connectivity index (χ1) is 10.2. The maximum absolute atomic E-state index is 11.7. The van der Waals surface area contributed by atoms with Crippen molar-refractivity contribution in [1.29, 1.82) is 0 Å². The SMILES string of the molecule is CCCNC(=O)c1cnc(NCc2ccccc2C)cn1. The Morgan fingerprint density at radius 1 is 1.19 bits per heavy atom. The second-order valence-corrected chi connectivity index (χ2v) is 4.82. The normalized spacial score (nSPS) is 10.2. The maximum atomic E-state index is 11.7. The van der Waals surface area contributed by atoms with Crippen molar-refractivity contribution in [3.8, 4) is 0 Å². The fraction of sp³-hybridized carbons (Fsp3) is 0.312. The summed E-state index contributed by atoms with van der Waals surface area (Å²) in [5.41, 5.74) is 2.78. The van der Waals surface area contributed by atoms with Crippen molar-refractivity contribution in [3.63, 3.8) is 0 Å². The number of anilines is 1. The van der Waals surface area contributed by atoms with Gasteiger partial charge >= 0.3 is 0 Å². The molecule has 2 N–H and O–H groups in total. The average molecular weight is 284 g/mol. The van der Waals surface area contributed by atoms with Gasteiger partial charge in [0.2, 0.25) is 0 Å². The molecule has 1 aromatic heterocycles. The number of nitrogens with zero attached hydrogens (tertiary/aromatic N) is 2. The van der Waals surface area contributed by atoms with E-state index in [4.69, 9.17) is 0 Å². The van der Waals surface area contributed by atoms with E-state index in [1.54, 1.807) is 6.20 Å². The molecule has 21 heavy (non-hydrogen) atoms. The molecule has 5 heteroatoms. The molecule has 0 radical (unpaired) electrons. The molecule has 1 heterocycles. The largest absolute Gasteiger partial charge is 0.365 e. The number of amides is 1. The van der Waals surface area contributed by atoms with Gasteiger partial charge < -0.3 is 10.6 Å². The van der Waals surface area contributed by atoms with Gasteiger partial charge in [-0.3, -0.25) is 4.79 Å². The number of carbonyl (C=O) groups excluding carboxylic acids is 1. The highest BCUT2D eigenvalue weighted by Gasteiger charge is 2.06. The van der Waals surface area contributed by atoms with Crippen LogP contribution in [0.2, 0.25) is 0 Å². The van der Waals surface area contributed by atoms with Crippen molar-refractivity contribution >= 4 is 11.7 Å². The molecule has 0 unspecified atom stereocenters. The minimum atomic E-state index is -0.185. The van der Waals surface area contributed by atoms with Crippen LogP contribution in [0.5, 0.6) is 0 Å². The summed E-state index contributed by atoms with van der Waals surface area (Å²) < 4.78 is 0. The van der Waals surface area contributed by atoms with Crippen molar-refractivity contribution in [3.05, 3.63) is 53.5 Å². The topological polar surface area (TPSA) is 66.9 Å². The lowest BCUT2D eigenvalue weighted by Gasteiger charge is -2.08. The lowest BCUT2D eigenvalue weighted by atomic mass is 10.1. The van der Waals surface area contributed by atoms with Crippen molar-refractivity contribution in [2.75, 3.05) is 11.9 Å². The third-order valence-corrected chi connectivity index (χ3v) is 3.14. The molecule has 0 spiro atoms. The molecule has 0 fully saturated rings. The van der Waals surface area contributed by atoms with Gasteiger partial charge in [-0.1, -0.05) is 31.2 Å². The smallest absolute Gasteiger partial charge is 0.271 e. The van der Waals surface area contributed by atoms with Crippen molar-refractivity contribution in [2.24, 2.45) is 0 Å². The van der Waals surface area contributed by atoms with Gasteiger partial charge in [0.25, 0.3) is 5.91 Å². The van der Waals surface area contributed by atoms with Crippen LogP contribution in [0.15, 0.2) is 36.7 Å². The van der Waals surface area contributed by atoms with Crippen molar-refractivity contribution < 1.29 is 4.79 Å². The van der Waals surface area contributed by atoms with Gasteiger partial charge in [-0.15, -0.1) is 0 Å². The van der Waals surface area contributed by atoms with Crippen molar-refractivity contribution in [2.45, 2.75) is 26.8 Å². The van der Waals surface area contributed by atoms with Crippen LogP contribution in [-0.4, -0.2) is 22.4 Å². The molecule has 0 aliphatic carbocycles. The number of rotatable bonds is 6. The Bertz CT molecular complexity index is 595. The Labute approximate surface area is 124 Å². The minimum absolute atomic E-state index is 0.185. The van der Waals surface area contributed by atoms with E-state index in [-0.39, 0.29) is 5.91 Å². The van der Waals surface area contributed by atoms with Gasteiger partial charge in [0.05, 0.1) is 12.4 Å². The molecule has 0 bridgehead atoms. The molecule has 0 aliphatic rings. The lowest BCUT2D eigenvalue weighted by molar-refractivity contribution is 0.0948. The molecule has 2 rings (SSSR count). The Hall–Kier alpha value is -2.43. The molecular weight excluding hydrogens is 264 g/mol. The highest BCUT2D eigenvalue weighted by molar-refractivity contribution is 5.91. The van der Waals surface area contributed by atoms with E-state index >= 15 is 0 Å².